The maximum atomic E-state index is 10.7. The Morgan fingerprint density at radius 3 is 1.91 bits per heavy atom. The first-order chi connectivity index (χ1) is 4.95. The van der Waals surface area contributed by atoms with Gasteiger partial charge in [0, 0.05) is 6.92 Å². The van der Waals surface area contributed by atoms with Crippen molar-refractivity contribution >= 4 is 11.7 Å². The minimum atomic E-state index is -0.837. The molecular weight excluding hydrogens is 146 g/mol. The van der Waals surface area contributed by atoms with E-state index in [0.717, 1.165) is 0 Å². The Labute approximate surface area is 65.6 Å². The van der Waals surface area contributed by atoms with Gasteiger partial charge in [-0.3, -0.25) is 9.59 Å². The molecule has 2 N–H and O–H groups in total. The van der Waals surface area contributed by atoms with Gasteiger partial charge in [-0.25, -0.2) is 0 Å². The van der Waals surface area contributed by atoms with Crippen LogP contribution in [0, 0.1) is 0 Å². The van der Waals surface area contributed by atoms with Crippen molar-refractivity contribution in [3.05, 3.63) is 0 Å². The van der Waals surface area contributed by atoms with E-state index in [-0.39, 0.29) is 11.7 Å². The summed E-state index contributed by atoms with van der Waals surface area (Å²) in [6, 6.07) is -0.771. The predicted molar refractivity (Wildman–Crippen MR) is 40.0 cm³/mol. The molecule has 0 bridgehead atoms. The van der Waals surface area contributed by atoms with Crippen LogP contribution < -0.4 is 5.32 Å². The topological polar surface area (TPSA) is 66.4 Å². The molecule has 4 nitrogen and oxygen atoms in total. The maximum absolute atomic E-state index is 10.7. The molecule has 0 aliphatic rings. The summed E-state index contributed by atoms with van der Waals surface area (Å²) in [5.41, 5.74) is 0. The van der Waals surface area contributed by atoms with E-state index in [4.69, 9.17) is 5.11 Å². The molecule has 1 amide bonds. The van der Waals surface area contributed by atoms with Crippen LogP contribution in [0.2, 0.25) is 0 Å². The molecule has 4 heteroatoms. The van der Waals surface area contributed by atoms with Crippen molar-refractivity contribution in [3.63, 3.8) is 0 Å². The lowest BCUT2D eigenvalue weighted by molar-refractivity contribution is -0.128. The predicted octanol–water partition coefficient (Wildman–Crippen LogP) is -0.539. The van der Waals surface area contributed by atoms with Gasteiger partial charge >= 0.3 is 0 Å². The van der Waals surface area contributed by atoms with E-state index in [2.05, 4.69) is 5.32 Å². The Morgan fingerprint density at radius 2 is 1.82 bits per heavy atom. The second-order valence-corrected chi connectivity index (χ2v) is 2.53. The SMILES string of the molecule is CC(=O)NC(C(C)=O)[C@@H](C)O. The van der Waals surface area contributed by atoms with E-state index in [1.165, 1.54) is 20.8 Å². The van der Waals surface area contributed by atoms with Gasteiger partial charge in [0.2, 0.25) is 5.91 Å². The van der Waals surface area contributed by atoms with Crippen LogP contribution in [0.4, 0.5) is 0 Å². The first kappa shape index (κ1) is 10.1. The van der Waals surface area contributed by atoms with E-state index in [1.54, 1.807) is 0 Å². The van der Waals surface area contributed by atoms with E-state index < -0.39 is 12.1 Å². The van der Waals surface area contributed by atoms with Crippen molar-refractivity contribution in [2.24, 2.45) is 0 Å². The molecule has 0 fully saturated rings. The molecule has 11 heavy (non-hydrogen) atoms. The summed E-state index contributed by atoms with van der Waals surface area (Å²) in [6.45, 7) is 4.09. The van der Waals surface area contributed by atoms with Crippen LogP contribution in [0.15, 0.2) is 0 Å². The monoisotopic (exact) mass is 159 g/mol. The number of carbonyl (C=O) groups excluding carboxylic acids is 2. The Bertz CT molecular complexity index is 165. The van der Waals surface area contributed by atoms with Crippen molar-refractivity contribution in [2.45, 2.75) is 32.9 Å². The Morgan fingerprint density at radius 1 is 1.36 bits per heavy atom. The number of amides is 1. The minimum absolute atomic E-state index is 0.241. The van der Waals surface area contributed by atoms with Gasteiger partial charge in [0.05, 0.1) is 6.10 Å². The van der Waals surface area contributed by atoms with E-state index >= 15 is 0 Å². The number of aliphatic hydroxyl groups is 1. The molecule has 0 aromatic heterocycles. The first-order valence-electron chi connectivity index (χ1n) is 3.40. The Kier molecular flexibility index (Phi) is 3.74. The van der Waals surface area contributed by atoms with Gasteiger partial charge in [0.25, 0.3) is 0 Å². The highest BCUT2D eigenvalue weighted by atomic mass is 16.3. The quantitative estimate of drug-likeness (QED) is 0.581. The summed E-state index contributed by atoms with van der Waals surface area (Å²) < 4.78 is 0. The van der Waals surface area contributed by atoms with Crippen molar-refractivity contribution in [2.75, 3.05) is 0 Å². The smallest absolute Gasteiger partial charge is 0.217 e. The van der Waals surface area contributed by atoms with Crippen molar-refractivity contribution in [3.8, 4) is 0 Å². The zero-order valence-electron chi connectivity index (χ0n) is 6.92. The molecule has 0 heterocycles. The minimum Gasteiger partial charge on any atom is -0.391 e. The lowest BCUT2D eigenvalue weighted by Gasteiger charge is -2.16. The van der Waals surface area contributed by atoms with Crippen LogP contribution in [0.25, 0.3) is 0 Å². The standard InChI is InChI=1S/C7H13NO3/c1-4(9)7(5(2)10)8-6(3)11/h4,7,9H,1-3H3,(H,8,11)/t4-,7?/m1/s1. The Balaban J connectivity index is 4.12. The van der Waals surface area contributed by atoms with Gasteiger partial charge in [-0.2, -0.15) is 0 Å². The highest BCUT2D eigenvalue weighted by Gasteiger charge is 2.19. The van der Waals surface area contributed by atoms with E-state index in [0.29, 0.717) is 0 Å². The molecule has 0 aliphatic heterocycles. The van der Waals surface area contributed by atoms with Crippen molar-refractivity contribution in [1.82, 2.24) is 5.32 Å². The normalized spacial score (nSPS) is 15.3. The second-order valence-electron chi connectivity index (χ2n) is 2.53. The third-order valence-electron chi connectivity index (χ3n) is 1.28. The van der Waals surface area contributed by atoms with E-state index in [1.807, 2.05) is 0 Å². The average Bonchev–Trinajstić information content (AvgIpc) is 1.81. The molecule has 1 unspecified atom stereocenters. The first-order valence-corrected chi connectivity index (χ1v) is 3.40. The van der Waals surface area contributed by atoms with Gasteiger partial charge in [-0.1, -0.05) is 0 Å². The van der Waals surface area contributed by atoms with Crippen LogP contribution >= 0.6 is 0 Å². The molecule has 0 aromatic carbocycles. The highest BCUT2D eigenvalue weighted by Crippen LogP contribution is 1.93. The van der Waals surface area contributed by atoms with Gasteiger partial charge in [0.15, 0.2) is 5.78 Å². The molecule has 0 spiro atoms. The lowest BCUT2D eigenvalue weighted by atomic mass is 10.1. The van der Waals surface area contributed by atoms with Crippen LogP contribution in [-0.2, 0) is 9.59 Å². The molecular formula is C7H13NO3. The summed E-state index contributed by atoms with van der Waals surface area (Å²) in [5, 5.41) is 11.3. The molecule has 0 saturated heterocycles. The lowest BCUT2D eigenvalue weighted by Crippen LogP contribution is -2.45. The molecule has 2 atom stereocenters. The van der Waals surface area contributed by atoms with Gasteiger partial charge < -0.3 is 10.4 Å². The third kappa shape index (κ3) is 3.72. The number of hydrogen-bond acceptors (Lipinski definition) is 3. The number of ketones is 1. The van der Waals surface area contributed by atoms with Crippen LogP contribution in [-0.4, -0.2) is 28.9 Å². The number of rotatable bonds is 3. The number of aliphatic hydroxyl groups excluding tert-OH is 1. The van der Waals surface area contributed by atoms with Gasteiger partial charge in [0.1, 0.15) is 6.04 Å². The van der Waals surface area contributed by atoms with Crippen LogP contribution in [0.1, 0.15) is 20.8 Å². The summed E-state index contributed by atoms with van der Waals surface area (Å²) >= 11 is 0. The fourth-order valence-electron chi connectivity index (χ4n) is 0.781. The summed E-state index contributed by atoms with van der Waals surface area (Å²) in [5.74, 6) is -0.554. The summed E-state index contributed by atoms with van der Waals surface area (Å²) in [6.07, 6.45) is -0.837. The molecule has 0 aliphatic carbocycles. The van der Waals surface area contributed by atoms with Crippen LogP contribution in [0.3, 0.4) is 0 Å². The van der Waals surface area contributed by atoms with Crippen molar-refractivity contribution < 1.29 is 14.7 Å². The number of nitrogens with one attached hydrogen (secondary N) is 1. The summed E-state index contributed by atoms with van der Waals surface area (Å²) in [7, 11) is 0. The highest BCUT2D eigenvalue weighted by molar-refractivity contribution is 5.87. The molecule has 0 aromatic rings. The molecule has 64 valence electrons. The maximum Gasteiger partial charge on any atom is 0.217 e. The number of hydrogen-bond donors (Lipinski definition) is 2. The third-order valence-corrected chi connectivity index (χ3v) is 1.28. The number of carbonyl (C=O) groups is 2. The average molecular weight is 159 g/mol. The van der Waals surface area contributed by atoms with E-state index in [9.17, 15) is 9.59 Å². The molecule has 0 saturated carbocycles. The van der Waals surface area contributed by atoms with Crippen LogP contribution in [0.5, 0.6) is 0 Å². The zero-order valence-corrected chi connectivity index (χ0v) is 6.92. The van der Waals surface area contributed by atoms with Crippen molar-refractivity contribution in [1.29, 1.82) is 0 Å². The largest absolute Gasteiger partial charge is 0.391 e. The van der Waals surface area contributed by atoms with Gasteiger partial charge in [-0.15, -0.1) is 0 Å². The fraction of sp³-hybridized carbons (Fsp3) is 0.714. The molecule has 0 radical (unpaired) electrons. The summed E-state index contributed by atoms with van der Waals surface area (Å²) in [4.78, 5) is 21.2. The Hall–Kier alpha value is -0.900. The second kappa shape index (κ2) is 4.08. The number of Topliss-reactive ketones (excluding diaryl/α,β-unsaturated/α-hetero) is 1. The molecule has 0 rings (SSSR count). The zero-order chi connectivity index (χ0) is 9.02. The van der Waals surface area contributed by atoms with Gasteiger partial charge in [-0.05, 0) is 13.8 Å². The fourth-order valence-corrected chi connectivity index (χ4v) is 0.781.